The molecule has 17 nitrogen and oxygen atoms in total. The van der Waals surface area contributed by atoms with Crippen molar-refractivity contribution in [3.8, 4) is 0 Å². The molecule has 8 aromatic carbocycles. The van der Waals surface area contributed by atoms with Crippen LogP contribution in [0, 0.1) is 0 Å². The van der Waals surface area contributed by atoms with Crippen LogP contribution in [0.2, 0.25) is 12.6 Å². The standard InChI is InChI=1S/C58H59BrO17Si10/c1-58(2,59)57(60)62-47-46-61-45-28-48-78(3)65-81(51-33-16-6-17-34-51)71-83(53-37-20-8-21-38-53)67-79(49-29-12-4-13-30-49)63-77-64-80(50-31-14-5-15-32-50)69-85(75-83,55-41-24-10-25-42-55)73-82(66-78,52-35-18-7-19-36-52)74-86(70-80,56-43-26-11-27-44-56)76-84(68-79,72-81)54-39-22-9-23-40-54/h4-27,29-44H,28,45-48H2,1-3H3. The second-order valence-electron chi connectivity index (χ2n) is 21.3. The topological polar surface area (TPSA) is 165 Å². The fourth-order valence-electron chi connectivity index (χ4n) is 10.6. The molecule has 4 unspecified atom stereocenters. The Balaban J connectivity index is 1.19. The van der Waals surface area contributed by atoms with E-state index in [1.165, 1.54) is 0 Å². The van der Waals surface area contributed by atoms with Crippen LogP contribution in [0.15, 0.2) is 243 Å². The van der Waals surface area contributed by atoms with E-state index in [-0.39, 0.29) is 25.9 Å². The maximum Gasteiger partial charge on any atom is 0.515 e. The normalized spacial score (nSPS) is 31.5. The first-order valence-electron chi connectivity index (χ1n) is 28.1. The second-order valence-corrected chi connectivity index (χ2v) is 51.2. The zero-order valence-electron chi connectivity index (χ0n) is 46.9. The van der Waals surface area contributed by atoms with Gasteiger partial charge in [-0.05, 0) is 32.9 Å². The summed E-state index contributed by atoms with van der Waals surface area (Å²) in [6, 6.07) is 76.5. The van der Waals surface area contributed by atoms with Gasteiger partial charge in [0.05, 0.1) is 6.61 Å². The van der Waals surface area contributed by atoms with Crippen LogP contribution in [0.4, 0.5) is 0 Å². The monoisotopic (exact) mass is 1390 g/mol. The van der Waals surface area contributed by atoms with Crippen molar-refractivity contribution in [2.75, 3.05) is 19.8 Å². The van der Waals surface area contributed by atoms with Crippen LogP contribution in [0.1, 0.15) is 20.3 Å². The first-order chi connectivity index (χ1) is 41.7. The Labute approximate surface area is 520 Å². The maximum absolute atomic E-state index is 12.7. The van der Waals surface area contributed by atoms with E-state index in [0.29, 0.717) is 47.9 Å². The predicted molar refractivity (Wildman–Crippen MR) is 341 cm³/mol. The van der Waals surface area contributed by atoms with Crippen LogP contribution < -0.4 is 41.5 Å². The van der Waals surface area contributed by atoms with E-state index in [1.54, 1.807) is 13.8 Å². The summed E-state index contributed by atoms with van der Waals surface area (Å²) < 4.78 is 126. The van der Waals surface area contributed by atoms with E-state index in [0.717, 1.165) is 0 Å². The van der Waals surface area contributed by atoms with E-state index in [4.69, 9.17) is 67.1 Å². The summed E-state index contributed by atoms with van der Waals surface area (Å²) in [5.41, 5.74) is 0. The molecule has 0 N–H and O–H groups in total. The minimum atomic E-state index is -5.13. The predicted octanol–water partition coefficient (Wildman–Crippen LogP) is 4.79. The summed E-state index contributed by atoms with van der Waals surface area (Å²) >= 11 is 3.40. The second kappa shape index (κ2) is 24.2. The Morgan fingerprint density at radius 1 is 0.360 bits per heavy atom. The van der Waals surface area contributed by atoms with Crippen molar-refractivity contribution >= 4 is 152 Å². The molecular weight excluding hydrogens is 1330 g/mol. The van der Waals surface area contributed by atoms with E-state index in [9.17, 15) is 4.79 Å². The van der Waals surface area contributed by atoms with Gasteiger partial charge < -0.3 is 67.1 Å². The largest absolute Gasteiger partial charge is 0.515 e. The molecule has 4 atom stereocenters. The molecule has 0 aromatic heterocycles. The van der Waals surface area contributed by atoms with Crippen molar-refractivity contribution in [2.24, 2.45) is 0 Å². The highest BCUT2D eigenvalue weighted by atomic mass is 79.9. The molecular formula is C58H59BrO17Si10. The molecule has 2 radical (unpaired) electrons. The van der Waals surface area contributed by atoms with Crippen molar-refractivity contribution < 1.29 is 71.9 Å². The molecule has 14 rings (SSSR count). The number of ether oxygens (including phenoxy) is 2. The lowest BCUT2D eigenvalue weighted by Gasteiger charge is -2.59. The van der Waals surface area contributed by atoms with Crippen LogP contribution in [0.25, 0.3) is 0 Å². The van der Waals surface area contributed by atoms with Crippen molar-refractivity contribution in [1.82, 2.24) is 0 Å². The minimum absolute atomic E-state index is 0.0409. The minimum Gasteiger partial charge on any atom is -0.462 e. The van der Waals surface area contributed by atoms with Gasteiger partial charge in [0.15, 0.2) is 0 Å². The molecule has 0 spiro atoms. The van der Waals surface area contributed by atoms with Gasteiger partial charge in [0.1, 0.15) is 10.9 Å². The molecule has 0 amide bonds. The van der Waals surface area contributed by atoms with E-state index >= 15 is 0 Å². The molecule has 6 fully saturated rings. The molecule has 8 aromatic rings. The fraction of sp³-hybridized carbons (Fsp3) is 0.155. The quantitative estimate of drug-likeness (QED) is 0.0561. The molecule has 6 aliphatic rings. The van der Waals surface area contributed by atoms with Gasteiger partial charge in [-0.15, -0.1) is 0 Å². The zero-order valence-corrected chi connectivity index (χ0v) is 58.5. The highest BCUT2D eigenvalue weighted by Crippen LogP contribution is 2.46. The molecule has 440 valence electrons. The number of halogens is 1. The molecule has 6 aliphatic heterocycles. The number of carbonyl (C=O) groups excluding carboxylic acids is 1. The van der Waals surface area contributed by atoms with Crippen LogP contribution in [-0.4, -0.2) is 119 Å². The smallest absolute Gasteiger partial charge is 0.462 e. The zero-order chi connectivity index (χ0) is 59.0. The summed E-state index contributed by atoms with van der Waals surface area (Å²) in [7, 11) is -45.4. The van der Waals surface area contributed by atoms with Gasteiger partial charge in [0, 0.05) is 48.1 Å². The third-order valence-corrected chi connectivity index (χ3v) is 54.5. The van der Waals surface area contributed by atoms with Gasteiger partial charge in [-0.3, -0.25) is 4.79 Å². The highest BCUT2D eigenvalue weighted by Gasteiger charge is 2.82. The number of hydrogen-bond acceptors (Lipinski definition) is 17. The number of carbonyl (C=O) groups is 1. The van der Waals surface area contributed by atoms with Crippen LogP contribution in [0.3, 0.4) is 0 Å². The Morgan fingerprint density at radius 2 is 0.593 bits per heavy atom. The average molecular weight is 1390 g/mol. The fourth-order valence-corrected chi connectivity index (χ4v) is 62.1. The molecule has 28 heteroatoms. The number of fused-ring (bicyclic) bond motifs is 4. The van der Waals surface area contributed by atoms with Gasteiger partial charge >= 0.3 is 95.0 Å². The Morgan fingerprint density at radius 3 is 0.849 bits per heavy atom. The molecule has 6 heterocycles. The van der Waals surface area contributed by atoms with Gasteiger partial charge in [-0.1, -0.05) is 259 Å². The molecule has 0 saturated carbocycles. The van der Waals surface area contributed by atoms with Crippen LogP contribution in [-0.2, 0) is 71.9 Å². The van der Waals surface area contributed by atoms with Crippen LogP contribution in [0.5, 0.6) is 0 Å². The third kappa shape index (κ3) is 11.6. The molecule has 86 heavy (non-hydrogen) atoms. The van der Waals surface area contributed by atoms with Crippen molar-refractivity contribution in [1.29, 1.82) is 0 Å². The number of esters is 1. The maximum atomic E-state index is 12.7. The average Bonchev–Trinajstić information content (AvgIpc) is 0.694. The molecule has 8 bridgehead atoms. The third-order valence-electron chi connectivity index (χ3n) is 14.6. The number of benzene rings is 8. The first kappa shape index (κ1) is 60.2. The summed E-state index contributed by atoms with van der Waals surface area (Å²) in [5, 5.41) is 3.98. The van der Waals surface area contributed by atoms with E-state index in [1.807, 2.05) is 249 Å². The Kier molecular flexibility index (Phi) is 17.0. The number of rotatable bonds is 16. The van der Waals surface area contributed by atoms with Gasteiger partial charge in [0.2, 0.25) is 0 Å². The Bertz CT molecular complexity index is 3290. The highest BCUT2D eigenvalue weighted by molar-refractivity contribution is 9.10. The van der Waals surface area contributed by atoms with Gasteiger partial charge in [-0.25, -0.2) is 0 Å². The number of alkyl halides is 1. The Hall–Kier alpha value is -4.72. The molecule has 0 aliphatic carbocycles. The van der Waals surface area contributed by atoms with Crippen molar-refractivity contribution in [3.63, 3.8) is 0 Å². The van der Waals surface area contributed by atoms with Crippen LogP contribution >= 0.6 is 15.9 Å². The molecule has 6 saturated heterocycles. The van der Waals surface area contributed by atoms with Crippen molar-refractivity contribution in [3.05, 3.63) is 243 Å². The van der Waals surface area contributed by atoms with Gasteiger partial charge in [-0.2, -0.15) is 0 Å². The van der Waals surface area contributed by atoms with Crippen molar-refractivity contribution in [2.45, 2.75) is 37.2 Å². The van der Waals surface area contributed by atoms with Gasteiger partial charge in [0.25, 0.3) is 0 Å². The van der Waals surface area contributed by atoms with E-state index < -0.39 is 99.3 Å². The summed E-state index contributed by atoms with van der Waals surface area (Å²) in [6.07, 6.45) is 0.369. The lowest BCUT2D eigenvalue weighted by molar-refractivity contribution is -0.146. The summed E-state index contributed by atoms with van der Waals surface area (Å²) in [4.78, 5) is 12.7. The number of hydrogen-bond donors (Lipinski definition) is 0. The summed E-state index contributed by atoms with van der Waals surface area (Å²) in [5.74, 6) is -0.405. The lowest BCUT2D eigenvalue weighted by atomic mass is 10.2. The first-order valence-corrected chi connectivity index (χ1v) is 46.0. The SMILES string of the molecule is CC(C)(Br)C(=O)OCCOCCC[Si]1(C)O[Si]2(c3ccccc3)O[Si]3(c4ccccc4)O[Si]4(c5ccccc5)O[Si]O[Si]5(c6ccccc6)O[Si](c6ccccc6)(O[Si](c6ccccc6)(O1)O[Si](c1ccccc1)(O5)O[Si](c1ccccc1)(O4)O2)O3. The van der Waals surface area contributed by atoms with E-state index in [2.05, 4.69) is 15.9 Å². The lowest BCUT2D eigenvalue weighted by Crippen LogP contribution is -2.92. The summed E-state index contributed by atoms with van der Waals surface area (Å²) in [6.45, 7) is 5.83.